The molecule has 0 aliphatic rings. The number of nitrogens with one attached hydrogen (secondary N) is 1. The molecule has 1 aromatic heterocycles. The van der Waals surface area contributed by atoms with E-state index in [9.17, 15) is 14.7 Å². The number of carbonyl (C=O) groups is 2. The lowest BCUT2D eigenvalue weighted by atomic mass is 10.1. The van der Waals surface area contributed by atoms with E-state index in [1.165, 1.54) is 30.6 Å². The van der Waals surface area contributed by atoms with E-state index in [0.717, 1.165) is 17.1 Å². The van der Waals surface area contributed by atoms with Crippen LogP contribution in [0.1, 0.15) is 50.1 Å². The summed E-state index contributed by atoms with van der Waals surface area (Å²) in [5, 5.41) is 12.9. The summed E-state index contributed by atoms with van der Waals surface area (Å²) in [6.45, 7) is 6.28. The lowest BCUT2D eigenvalue weighted by Crippen LogP contribution is -2.14. The molecule has 0 radical (unpaired) electrons. The number of hydrogen-bond donors (Lipinski definition) is 2. The van der Waals surface area contributed by atoms with Crippen LogP contribution in [0.2, 0.25) is 0 Å². The van der Waals surface area contributed by atoms with Crippen LogP contribution in [0.25, 0.3) is 0 Å². The van der Waals surface area contributed by atoms with Crippen molar-refractivity contribution in [3.05, 3.63) is 44.9 Å². The second-order valence-corrected chi connectivity index (χ2v) is 7.42. The third-order valence-corrected chi connectivity index (χ3v) is 4.43. The quantitative estimate of drug-likeness (QED) is 0.783. The van der Waals surface area contributed by atoms with Crippen LogP contribution in [-0.4, -0.2) is 29.1 Å². The predicted octanol–water partition coefficient (Wildman–Crippen LogP) is 3.75. The van der Waals surface area contributed by atoms with Crippen molar-refractivity contribution < 1.29 is 19.4 Å². The molecule has 6 nitrogen and oxygen atoms in total. The van der Waals surface area contributed by atoms with Crippen LogP contribution in [0.3, 0.4) is 0 Å². The molecule has 134 valence electrons. The van der Waals surface area contributed by atoms with Crippen molar-refractivity contribution in [2.45, 2.75) is 33.8 Å². The molecule has 2 aromatic rings. The average Bonchev–Trinajstić information content (AvgIpc) is 2.87. The van der Waals surface area contributed by atoms with Gasteiger partial charge in [-0.25, -0.2) is 9.78 Å². The maximum Gasteiger partial charge on any atom is 0.335 e. The molecule has 0 aliphatic carbocycles. The smallest absolute Gasteiger partial charge is 0.335 e. The lowest BCUT2D eigenvalue weighted by Gasteiger charge is -2.10. The monoisotopic (exact) mass is 362 g/mol. The van der Waals surface area contributed by atoms with Gasteiger partial charge in [0.25, 0.3) is 5.91 Å². The Morgan fingerprint density at radius 2 is 2.04 bits per heavy atom. The molecule has 0 saturated heterocycles. The molecule has 7 heteroatoms. The number of carboxylic acid groups (broad SMARTS) is 1. The van der Waals surface area contributed by atoms with Crippen molar-refractivity contribution in [2.75, 3.05) is 12.4 Å². The first kappa shape index (κ1) is 19.1. The topological polar surface area (TPSA) is 88.5 Å². The van der Waals surface area contributed by atoms with Crippen LogP contribution in [0, 0.1) is 12.8 Å². The number of benzene rings is 1. The summed E-state index contributed by atoms with van der Waals surface area (Å²) >= 11 is 1.34. The van der Waals surface area contributed by atoms with Gasteiger partial charge in [0, 0.05) is 12.8 Å². The SMILES string of the molecule is COCc1cc(NC(=O)c2sc(C)nc2CC(C)C)cc(C(=O)O)c1. The molecule has 1 aromatic carbocycles. The Morgan fingerprint density at radius 3 is 2.64 bits per heavy atom. The molecule has 25 heavy (non-hydrogen) atoms. The van der Waals surface area contributed by atoms with E-state index in [-0.39, 0.29) is 18.1 Å². The van der Waals surface area contributed by atoms with Crippen LogP contribution in [0.4, 0.5) is 5.69 Å². The van der Waals surface area contributed by atoms with Crippen LogP contribution in [-0.2, 0) is 17.8 Å². The van der Waals surface area contributed by atoms with E-state index in [4.69, 9.17) is 4.74 Å². The van der Waals surface area contributed by atoms with E-state index < -0.39 is 5.97 Å². The molecule has 0 bridgehead atoms. The average molecular weight is 362 g/mol. The minimum Gasteiger partial charge on any atom is -0.478 e. The fourth-order valence-corrected chi connectivity index (χ4v) is 3.34. The summed E-state index contributed by atoms with van der Waals surface area (Å²) in [6.07, 6.45) is 0.719. The predicted molar refractivity (Wildman–Crippen MR) is 97.5 cm³/mol. The van der Waals surface area contributed by atoms with E-state index in [1.807, 2.05) is 6.92 Å². The number of ether oxygens (including phenoxy) is 1. The van der Waals surface area contributed by atoms with Gasteiger partial charge in [0.2, 0.25) is 0 Å². The Bertz CT molecular complexity index is 783. The van der Waals surface area contributed by atoms with Crippen LogP contribution in [0.5, 0.6) is 0 Å². The Morgan fingerprint density at radius 1 is 1.32 bits per heavy atom. The van der Waals surface area contributed by atoms with E-state index in [2.05, 4.69) is 24.1 Å². The third-order valence-electron chi connectivity index (χ3n) is 3.42. The van der Waals surface area contributed by atoms with Crippen molar-refractivity contribution in [3.63, 3.8) is 0 Å². The van der Waals surface area contributed by atoms with Gasteiger partial charge >= 0.3 is 5.97 Å². The van der Waals surface area contributed by atoms with Gasteiger partial charge in [-0.1, -0.05) is 13.8 Å². The Hall–Kier alpha value is -2.25. The standard InChI is InChI=1S/C18H22N2O4S/c1-10(2)5-15-16(25-11(3)19-15)17(21)20-14-7-12(9-24-4)6-13(8-14)18(22)23/h6-8,10H,5,9H2,1-4H3,(H,20,21)(H,22,23). The number of aromatic nitrogens is 1. The summed E-state index contributed by atoms with van der Waals surface area (Å²) in [5.74, 6) is -0.938. The molecule has 0 spiro atoms. The van der Waals surface area contributed by atoms with Gasteiger partial charge in [-0.2, -0.15) is 0 Å². The highest BCUT2D eigenvalue weighted by molar-refractivity contribution is 7.13. The number of anilines is 1. The number of rotatable bonds is 7. The molecule has 0 fully saturated rings. The molecule has 1 amide bonds. The number of nitrogens with zero attached hydrogens (tertiary/aromatic N) is 1. The first-order valence-corrected chi connectivity index (χ1v) is 8.75. The minimum atomic E-state index is -1.05. The van der Waals surface area contributed by atoms with Crippen molar-refractivity contribution >= 4 is 28.9 Å². The summed E-state index contributed by atoms with van der Waals surface area (Å²) < 4.78 is 5.06. The number of aryl methyl sites for hydroxylation is 1. The third kappa shape index (κ3) is 5.11. The van der Waals surface area contributed by atoms with E-state index >= 15 is 0 Å². The maximum atomic E-state index is 12.7. The molecular formula is C18H22N2O4S. The van der Waals surface area contributed by atoms with Crippen molar-refractivity contribution in [1.82, 2.24) is 4.98 Å². The second kappa shape index (κ2) is 8.22. The van der Waals surface area contributed by atoms with Gasteiger partial charge in [0.1, 0.15) is 4.88 Å². The van der Waals surface area contributed by atoms with Gasteiger partial charge in [-0.05, 0) is 43.0 Å². The normalized spacial score (nSPS) is 10.9. The summed E-state index contributed by atoms with van der Waals surface area (Å²) in [5.41, 5.74) is 1.99. The molecular weight excluding hydrogens is 340 g/mol. The fourth-order valence-electron chi connectivity index (χ4n) is 2.50. The molecule has 1 heterocycles. The number of carbonyl (C=O) groups excluding carboxylic acids is 1. The molecule has 2 rings (SSSR count). The number of hydrogen-bond acceptors (Lipinski definition) is 5. The van der Waals surface area contributed by atoms with Crippen LogP contribution in [0.15, 0.2) is 18.2 Å². The Balaban J connectivity index is 2.30. The van der Waals surface area contributed by atoms with Gasteiger partial charge in [-0.15, -0.1) is 11.3 Å². The first-order valence-electron chi connectivity index (χ1n) is 7.94. The number of aromatic carboxylic acids is 1. The molecule has 0 unspecified atom stereocenters. The summed E-state index contributed by atoms with van der Waals surface area (Å²) in [6, 6.07) is 4.68. The van der Waals surface area contributed by atoms with E-state index in [1.54, 1.807) is 6.07 Å². The van der Waals surface area contributed by atoms with Gasteiger partial charge in [0.15, 0.2) is 0 Å². The number of amides is 1. The molecule has 0 saturated carbocycles. The molecule has 0 aliphatic heterocycles. The minimum absolute atomic E-state index is 0.104. The van der Waals surface area contributed by atoms with Gasteiger partial charge in [0.05, 0.1) is 22.9 Å². The fraction of sp³-hybridized carbons (Fsp3) is 0.389. The van der Waals surface area contributed by atoms with Crippen LogP contribution < -0.4 is 5.32 Å². The zero-order valence-electron chi connectivity index (χ0n) is 14.8. The maximum absolute atomic E-state index is 12.7. The van der Waals surface area contributed by atoms with Crippen molar-refractivity contribution in [1.29, 1.82) is 0 Å². The number of methoxy groups -OCH3 is 1. The summed E-state index contributed by atoms with van der Waals surface area (Å²) in [7, 11) is 1.53. The largest absolute Gasteiger partial charge is 0.478 e. The van der Waals surface area contributed by atoms with E-state index in [0.29, 0.717) is 22.0 Å². The molecule has 2 N–H and O–H groups in total. The Labute approximate surface area is 150 Å². The van der Waals surface area contributed by atoms with Gasteiger partial charge < -0.3 is 15.2 Å². The molecule has 0 atom stereocenters. The van der Waals surface area contributed by atoms with Crippen LogP contribution >= 0.6 is 11.3 Å². The van der Waals surface area contributed by atoms with Gasteiger partial charge in [-0.3, -0.25) is 4.79 Å². The number of thiazole rings is 1. The zero-order valence-corrected chi connectivity index (χ0v) is 15.6. The highest BCUT2D eigenvalue weighted by atomic mass is 32.1. The highest BCUT2D eigenvalue weighted by Crippen LogP contribution is 2.23. The lowest BCUT2D eigenvalue weighted by molar-refractivity contribution is 0.0696. The van der Waals surface area contributed by atoms with Crippen molar-refractivity contribution in [3.8, 4) is 0 Å². The second-order valence-electron chi connectivity index (χ2n) is 6.22. The highest BCUT2D eigenvalue weighted by Gasteiger charge is 2.18. The zero-order chi connectivity index (χ0) is 18.6. The summed E-state index contributed by atoms with van der Waals surface area (Å²) in [4.78, 5) is 29.0. The van der Waals surface area contributed by atoms with Crippen molar-refractivity contribution in [2.24, 2.45) is 5.92 Å². The number of carboxylic acids is 1. The first-order chi connectivity index (χ1) is 11.8. The Kier molecular flexibility index (Phi) is 6.27.